The molecule has 0 saturated carbocycles. The Morgan fingerprint density at radius 1 is 0.950 bits per heavy atom. The number of nitrogens with zero attached hydrogens (tertiary/aromatic N) is 3. The summed E-state index contributed by atoms with van der Waals surface area (Å²) in [5.74, 6) is -0.485. The minimum absolute atomic E-state index is 0.118. The van der Waals surface area contributed by atoms with E-state index in [1.807, 2.05) is 9.80 Å². The van der Waals surface area contributed by atoms with Crippen molar-refractivity contribution >= 4 is 17.1 Å². The summed E-state index contributed by atoms with van der Waals surface area (Å²) in [6, 6.07) is 2.76. The van der Waals surface area contributed by atoms with Gasteiger partial charge in [-0.05, 0) is 31.7 Å². The lowest BCUT2D eigenvalue weighted by Gasteiger charge is -2.23. The first kappa shape index (κ1) is 13.1. The Morgan fingerprint density at radius 3 is 1.95 bits per heavy atom. The van der Waals surface area contributed by atoms with Crippen LogP contribution in [0.3, 0.4) is 0 Å². The maximum atomic E-state index is 14.2. The van der Waals surface area contributed by atoms with Gasteiger partial charge in [-0.3, -0.25) is 10.1 Å². The Bertz CT molecular complexity index is 523. The fourth-order valence-corrected chi connectivity index (χ4v) is 3.10. The van der Waals surface area contributed by atoms with E-state index in [4.69, 9.17) is 0 Å². The van der Waals surface area contributed by atoms with E-state index in [-0.39, 0.29) is 5.69 Å². The predicted molar refractivity (Wildman–Crippen MR) is 75.9 cm³/mol. The zero-order chi connectivity index (χ0) is 14.1. The third-order valence-electron chi connectivity index (χ3n) is 4.13. The van der Waals surface area contributed by atoms with Gasteiger partial charge in [0, 0.05) is 26.2 Å². The number of nitro groups is 1. The molecule has 2 heterocycles. The third kappa shape index (κ3) is 2.30. The average molecular weight is 279 g/mol. The van der Waals surface area contributed by atoms with Crippen molar-refractivity contribution in [3.05, 3.63) is 28.1 Å². The van der Waals surface area contributed by atoms with Crippen molar-refractivity contribution in [1.82, 2.24) is 0 Å². The molecule has 2 saturated heterocycles. The highest BCUT2D eigenvalue weighted by molar-refractivity contribution is 5.71. The summed E-state index contributed by atoms with van der Waals surface area (Å²) in [4.78, 5) is 14.7. The number of anilines is 2. The van der Waals surface area contributed by atoms with Crippen LogP contribution in [0.5, 0.6) is 0 Å². The molecule has 0 N–H and O–H groups in total. The molecule has 108 valence electrons. The summed E-state index contributed by atoms with van der Waals surface area (Å²) in [7, 11) is 0. The number of rotatable bonds is 3. The maximum absolute atomic E-state index is 14.2. The van der Waals surface area contributed by atoms with Gasteiger partial charge in [-0.25, -0.2) is 4.39 Å². The molecular weight excluding hydrogens is 261 g/mol. The Labute approximate surface area is 117 Å². The van der Waals surface area contributed by atoms with Crippen LogP contribution in [-0.4, -0.2) is 31.1 Å². The van der Waals surface area contributed by atoms with E-state index >= 15 is 0 Å². The molecule has 2 aliphatic rings. The molecule has 0 radical (unpaired) electrons. The summed E-state index contributed by atoms with van der Waals surface area (Å²) in [5, 5.41) is 11.2. The van der Waals surface area contributed by atoms with Crippen LogP contribution in [0.1, 0.15) is 25.7 Å². The molecule has 0 aliphatic carbocycles. The van der Waals surface area contributed by atoms with Crippen LogP contribution in [0.25, 0.3) is 0 Å². The van der Waals surface area contributed by atoms with Crippen LogP contribution in [0.15, 0.2) is 12.1 Å². The van der Waals surface area contributed by atoms with E-state index in [9.17, 15) is 14.5 Å². The molecule has 0 aromatic heterocycles. The van der Waals surface area contributed by atoms with Crippen LogP contribution < -0.4 is 9.80 Å². The van der Waals surface area contributed by atoms with Gasteiger partial charge < -0.3 is 9.80 Å². The van der Waals surface area contributed by atoms with E-state index < -0.39 is 10.7 Å². The Morgan fingerprint density at radius 2 is 1.45 bits per heavy atom. The molecule has 1 aromatic carbocycles. The van der Waals surface area contributed by atoms with Gasteiger partial charge >= 0.3 is 0 Å². The average Bonchev–Trinajstić information content (AvgIpc) is 3.11. The van der Waals surface area contributed by atoms with E-state index in [1.165, 1.54) is 0 Å². The van der Waals surface area contributed by atoms with E-state index in [0.29, 0.717) is 11.4 Å². The Balaban J connectivity index is 2.03. The minimum atomic E-state index is -0.485. The molecule has 0 atom stereocenters. The van der Waals surface area contributed by atoms with Crippen LogP contribution in [0, 0.1) is 15.9 Å². The normalized spacial score (nSPS) is 18.9. The topological polar surface area (TPSA) is 49.6 Å². The van der Waals surface area contributed by atoms with Crippen LogP contribution in [-0.2, 0) is 0 Å². The Hall–Kier alpha value is -1.85. The zero-order valence-electron chi connectivity index (χ0n) is 11.3. The van der Waals surface area contributed by atoms with Gasteiger partial charge in [-0.1, -0.05) is 0 Å². The Kier molecular flexibility index (Phi) is 3.46. The molecule has 6 heteroatoms. The quantitative estimate of drug-likeness (QED) is 0.630. The summed E-state index contributed by atoms with van der Waals surface area (Å²) in [6.07, 6.45) is 4.17. The molecule has 2 aliphatic heterocycles. The van der Waals surface area contributed by atoms with Gasteiger partial charge in [0.1, 0.15) is 5.69 Å². The summed E-state index contributed by atoms with van der Waals surface area (Å²) in [5.41, 5.74) is 0.957. The molecule has 2 fully saturated rings. The summed E-state index contributed by atoms with van der Waals surface area (Å²) < 4.78 is 14.2. The van der Waals surface area contributed by atoms with Gasteiger partial charge in [0.2, 0.25) is 0 Å². The van der Waals surface area contributed by atoms with Crippen molar-refractivity contribution in [3.8, 4) is 0 Å². The first-order valence-corrected chi connectivity index (χ1v) is 7.14. The van der Waals surface area contributed by atoms with Crippen molar-refractivity contribution in [3.63, 3.8) is 0 Å². The molecule has 0 spiro atoms. The monoisotopic (exact) mass is 279 g/mol. The van der Waals surface area contributed by atoms with Crippen molar-refractivity contribution < 1.29 is 9.31 Å². The number of hydrogen-bond donors (Lipinski definition) is 0. The largest absolute Gasteiger partial charge is 0.369 e. The lowest BCUT2D eigenvalue weighted by atomic mass is 10.2. The van der Waals surface area contributed by atoms with Gasteiger partial charge in [0.15, 0.2) is 5.82 Å². The first-order valence-electron chi connectivity index (χ1n) is 7.14. The van der Waals surface area contributed by atoms with Crippen LogP contribution in [0.4, 0.5) is 21.5 Å². The SMILES string of the molecule is O=[N+]([O-])c1cc(F)c(N2CCCC2)cc1N1CCCC1. The van der Waals surface area contributed by atoms with Crippen LogP contribution in [0.2, 0.25) is 0 Å². The summed E-state index contributed by atoms with van der Waals surface area (Å²) >= 11 is 0. The number of hydrogen-bond acceptors (Lipinski definition) is 4. The number of nitro benzene ring substituents is 1. The second-order valence-electron chi connectivity index (χ2n) is 5.44. The predicted octanol–water partition coefficient (Wildman–Crippen LogP) is 2.93. The lowest BCUT2D eigenvalue weighted by molar-refractivity contribution is -0.384. The maximum Gasteiger partial charge on any atom is 0.295 e. The fourth-order valence-electron chi connectivity index (χ4n) is 3.10. The number of halogens is 1. The molecule has 0 bridgehead atoms. The second-order valence-corrected chi connectivity index (χ2v) is 5.44. The first-order chi connectivity index (χ1) is 9.66. The third-order valence-corrected chi connectivity index (χ3v) is 4.13. The second kappa shape index (κ2) is 5.26. The smallest absolute Gasteiger partial charge is 0.295 e. The molecule has 3 rings (SSSR count). The molecule has 0 unspecified atom stereocenters. The molecule has 0 amide bonds. The van der Waals surface area contributed by atoms with E-state index in [0.717, 1.165) is 57.9 Å². The molecule has 20 heavy (non-hydrogen) atoms. The fraction of sp³-hybridized carbons (Fsp3) is 0.571. The standard InChI is InChI=1S/C14H18FN3O2/c15-11-9-14(18(19)20)13(17-7-3-4-8-17)10-12(11)16-5-1-2-6-16/h9-10H,1-8H2. The van der Waals surface area contributed by atoms with Crippen LogP contribution >= 0.6 is 0 Å². The summed E-state index contributed by atoms with van der Waals surface area (Å²) in [6.45, 7) is 3.28. The zero-order valence-corrected chi connectivity index (χ0v) is 11.3. The van der Waals surface area contributed by atoms with Gasteiger partial charge in [-0.2, -0.15) is 0 Å². The number of benzene rings is 1. The molecule has 1 aromatic rings. The van der Waals surface area contributed by atoms with Crippen molar-refractivity contribution in [2.75, 3.05) is 36.0 Å². The minimum Gasteiger partial charge on any atom is -0.369 e. The van der Waals surface area contributed by atoms with Crippen molar-refractivity contribution in [2.24, 2.45) is 0 Å². The van der Waals surface area contributed by atoms with Gasteiger partial charge in [0.05, 0.1) is 16.7 Å². The highest BCUT2D eigenvalue weighted by Gasteiger charge is 2.27. The van der Waals surface area contributed by atoms with E-state index in [2.05, 4.69) is 0 Å². The van der Waals surface area contributed by atoms with Gasteiger partial charge in [-0.15, -0.1) is 0 Å². The molecule has 5 nitrogen and oxygen atoms in total. The van der Waals surface area contributed by atoms with E-state index in [1.54, 1.807) is 6.07 Å². The molecular formula is C14H18FN3O2. The van der Waals surface area contributed by atoms with Gasteiger partial charge in [0.25, 0.3) is 5.69 Å². The highest BCUT2D eigenvalue weighted by Crippen LogP contribution is 2.37. The van der Waals surface area contributed by atoms with Crippen molar-refractivity contribution in [1.29, 1.82) is 0 Å². The van der Waals surface area contributed by atoms with Crippen molar-refractivity contribution in [2.45, 2.75) is 25.7 Å². The lowest BCUT2D eigenvalue weighted by Crippen LogP contribution is -2.22. The highest BCUT2D eigenvalue weighted by atomic mass is 19.1.